The summed E-state index contributed by atoms with van der Waals surface area (Å²) in [6.45, 7) is 2.07. The molecule has 0 radical (unpaired) electrons. The van der Waals surface area contributed by atoms with Gasteiger partial charge in [0.15, 0.2) is 0 Å². The van der Waals surface area contributed by atoms with Crippen molar-refractivity contribution in [3.63, 3.8) is 0 Å². The van der Waals surface area contributed by atoms with Gasteiger partial charge in [0.1, 0.15) is 0 Å². The Morgan fingerprint density at radius 3 is 3.00 bits per heavy atom. The number of hydrogen-bond acceptors (Lipinski definition) is 1. The summed E-state index contributed by atoms with van der Waals surface area (Å²) in [4.78, 5) is 3.87. The molecule has 0 aliphatic rings. The maximum Gasteiger partial charge on any atom is 0.0770 e. The van der Waals surface area contributed by atoms with Crippen LogP contribution in [0.15, 0.2) is 12.4 Å². The minimum Gasteiger partial charge on any atom is -0.255 e. The molecule has 40 valence electrons. The third kappa shape index (κ3) is 0.974. The van der Waals surface area contributed by atoms with Crippen molar-refractivity contribution in [2.75, 3.05) is 0 Å². The van der Waals surface area contributed by atoms with Crippen molar-refractivity contribution < 1.29 is 0 Å². The molecule has 0 spiro atoms. The van der Waals surface area contributed by atoms with Gasteiger partial charge in [0, 0.05) is 11.8 Å². The van der Waals surface area contributed by atoms with E-state index < -0.39 is 0 Å². The summed E-state index contributed by atoms with van der Waals surface area (Å²) in [5.74, 6) is 0. The van der Waals surface area contributed by atoms with Gasteiger partial charge in [0.25, 0.3) is 0 Å². The summed E-state index contributed by atoms with van der Waals surface area (Å²) >= 11 is 0. The highest BCUT2D eigenvalue weighted by Crippen LogP contribution is 1.88. The van der Waals surface area contributed by atoms with Crippen molar-refractivity contribution in [3.8, 4) is 0 Å². The molecule has 1 aromatic rings. The lowest BCUT2D eigenvalue weighted by atomic mass is 10.3. The molecular formula is C7H7N. The van der Waals surface area contributed by atoms with Crippen molar-refractivity contribution in [2.45, 2.75) is 13.3 Å². The number of aryl methyl sites for hydroxylation is 1. The average molecular weight is 105 g/mol. The first kappa shape index (κ1) is 5.11. The molecule has 0 aromatic carbocycles. The van der Waals surface area contributed by atoms with Gasteiger partial charge in [-0.2, -0.15) is 0 Å². The Bertz CT molecular complexity index is 146. The molecule has 1 heteroatoms. The molecule has 1 heterocycles. The number of hydrogen-bond donors (Lipinski definition) is 0. The van der Waals surface area contributed by atoms with E-state index in [-0.39, 0.29) is 0 Å². The van der Waals surface area contributed by atoms with Crippen molar-refractivity contribution in [1.82, 2.24) is 4.98 Å². The number of nitrogens with zero attached hydrogens (tertiary/aromatic N) is 1. The highest BCUT2D eigenvalue weighted by Gasteiger charge is 1.79. The normalized spacial score (nSPS) is 8.12. The Kier molecular flexibility index (Phi) is 1.48. The van der Waals surface area contributed by atoms with Crippen LogP contribution in [-0.2, 0) is 6.42 Å². The molecule has 8 heavy (non-hydrogen) atoms. The van der Waals surface area contributed by atoms with Gasteiger partial charge in [-0.1, -0.05) is 13.0 Å². The first-order chi connectivity index (χ1) is 3.93. The summed E-state index contributed by atoms with van der Waals surface area (Å²) in [5, 5.41) is 0. The quantitative estimate of drug-likeness (QED) is 0.523. The lowest BCUT2D eigenvalue weighted by molar-refractivity contribution is 1.11. The molecule has 0 aliphatic heterocycles. The van der Waals surface area contributed by atoms with Gasteiger partial charge in [-0.3, -0.25) is 4.98 Å². The second-order valence-electron chi connectivity index (χ2n) is 1.56. The van der Waals surface area contributed by atoms with Crippen molar-refractivity contribution in [1.29, 1.82) is 0 Å². The maximum atomic E-state index is 3.87. The van der Waals surface area contributed by atoms with Gasteiger partial charge in [-0.15, -0.1) is 0 Å². The Morgan fingerprint density at radius 1 is 1.75 bits per heavy atom. The van der Waals surface area contributed by atoms with Gasteiger partial charge < -0.3 is 0 Å². The minimum absolute atomic E-state index is 0.990. The van der Waals surface area contributed by atoms with Crippen LogP contribution in [0.2, 0.25) is 0 Å². The van der Waals surface area contributed by atoms with Crippen LogP contribution >= 0.6 is 0 Å². The topological polar surface area (TPSA) is 12.9 Å². The van der Waals surface area contributed by atoms with Gasteiger partial charge in [-0.05, 0) is 12.5 Å². The fourth-order valence-corrected chi connectivity index (χ4v) is 0.501. The molecule has 0 N–H and O–H groups in total. The third-order valence-corrected chi connectivity index (χ3v) is 0.983. The molecule has 0 bridgehead atoms. The third-order valence-electron chi connectivity index (χ3n) is 0.983. The largest absolute Gasteiger partial charge is 0.255 e. The van der Waals surface area contributed by atoms with Crippen LogP contribution in [0.4, 0.5) is 0 Å². The molecule has 0 aliphatic carbocycles. The highest BCUT2D eigenvalue weighted by molar-refractivity contribution is 4.99. The van der Waals surface area contributed by atoms with Gasteiger partial charge in [-0.25, -0.2) is 0 Å². The number of rotatable bonds is 1. The standard InChI is InChI=1S/C7H7N/c1-2-7-4-3-5-8-6-7/h5-6H,2H2,1H3. The van der Waals surface area contributed by atoms with E-state index in [4.69, 9.17) is 0 Å². The first-order valence-corrected chi connectivity index (χ1v) is 2.65. The van der Waals surface area contributed by atoms with Crippen LogP contribution in [0.5, 0.6) is 0 Å². The highest BCUT2D eigenvalue weighted by atomic mass is 14.6. The first-order valence-electron chi connectivity index (χ1n) is 2.65. The van der Waals surface area contributed by atoms with Crippen LogP contribution < -0.4 is 0 Å². The zero-order valence-corrected chi connectivity index (χ0v) is 4.81. The Morgan fingerprint density at radius 2 is 2.62 bits per heavy atom. The molecule has 1 aromatic heterocycles. The molecule has 0 saturated carbocycles. The van der Waals surface area contributed by atoms with E-state index in [0.717, 1.165) is 12.0 Å². The molecule has 1 rings (SSSR count). The summed E-state index contributed by atoms with van der Waals surface area (Å²) in [5.41, 5.74) is 1.12. The van der Waals surface area contributed by atoms with E-state index in [2.05, 4.69) is 24.0 Å². The molecule has 0 unspecified atom stereocenters. The fraction of sp³-hybridized carbons (Fsp3) is 0.286. The smallest absolute Gasteiger partial charge is 0.0770 e. The lowest BCUT2D eigenvalue weighted by Gasteiger charge is -1.82. The summed E-state index contributed by atoms with van der Waals surface area (Å²) in [6.07, 6.45) is 4.40. The maximum absolute atomic E-state index is 3.87. The molecular weight excluding hydrogens is 98.1 g/mol. The molecule has 0 saturated heterocycles. The van der Waals surface area contributed by atoms with Crippen LogP contribution in [-0.4, -0.2) is 4.98 Å². The lowest BCUT2D eigenvalue weighted by Crippen LogP contribution is -1.75. The van der Waals surface area contributed by atoms with Gasteiger partial charge >= 0.3 is 0 Å². The monoisotopic (exact) mass is 105 g/mol. The molecule has 0 atom stereocenters. The second-order valence-corrected chi connectivity index (χ2v) is 1.56. The van der Waals surface area contributed by atoms with Crippen LogP contribution in [0.3, 0.4) is 0 Å². The zero-order chi connectivity index (χ0) is 5.82. The fourth-order valence-electron chi connectivity index (χ4n) is 0.501. The van der Waals surface area contributed by atoms with Crippen LogP contribution in [0.1, 0.15) is 12.5 Å². The minimum atomic E-state index is 0.990. The van der Waals surface area contributed by atoms with E-state index >= 15 is 0 Å². The number of aromatic nitrogens is 1. The predicted molar refractivity (Wildman–Crippen MR) is 31.3 cm³/mol. The SMILES string of the molecule is CCc1c#ccnc1. The van der Waals surface area contributed by atoms with E-state index in [1.807, 2.05) is 0 Å². The van der Waals surface area contributed by atoms with Crippen molar-refractivity contribution in [2.24, 2.45) is 0 Å². The van der Waals surface area contributed by atoms with Gasteiger partial charge in [0.05, 0.1) is 6.20 Å². The summed E-state index contributed by atoms with van der Waals surface area (Å²) in [7, 11) is 0. The van der Waals surface area contributed by atoms with Crippen molar-refractivity contribution >= 4 is 0 Å². The predicted octanol–water partition coefficient (Wildman–Crippen LogP) is 1.24. The molecule has 0 fully saturated rings. The Hall–Kier alpha value is -1.03. The van der Waals surface area contributed by atoms with Crippen molar-refractivity contribution in [3.05, 3.63) is 30.1 Å². The van der Waals surface area contributed by atoms with E-state index in [1.165, 1.54) is 0 Å². The Labute approximate surface area is 49.4 Å². The second kappa shape index (κ2) is 2.32. The molecule has 0 amide bonds. The summed E-state index contributed by atoms with van der Waals surface area (Å²) < 4.78 is 0. The van der Waals surface area contributed by atoms with Crippen LogP contribution in [0, 0.1) is 12.1 Å². The molecule has 1 nitrogen and oxygen atoms in total. The van der Waals surface area contributed by atoms with E-state index in [0.29, 0.717) is 0 Å². The average Bonchev–Trinajstić information content (AvgIpc) is 1.90. The zero-order valence-electron chi connectivity index (χ0n) is 4.81. The summed E-state index contributed by atoms with van der Waals surface area (Å²) in [6, 6.07) is 5.71. The van der Waals surface area contributed by atoms with Crippen LogP contribution in [0.25, 0.3) is 0 Å². The Balaban J connectivity index is 2.83. The van der Waals surface area contributed by atoms with Gasteiger partial charge in [0.2, 0.25) is 0 Å². The van der Waals surface area contributed by atoms with E-state index in [1.54, 1.807) is 12.4 Å². The van der Waals surface area contributed by atoms with E-state index in [9.17, 15) is 0 Å².